The highest BCUT2D eigenvalue weighted by atomic mass is 35.5. The molecule has 3 aromatic rings. The van der Waals surface area contributed by atoms with Crippen LogP contribution in [0.15, 0.2) is 36.5 Å². The summed E-state index contributed by atoms with van der Waals surface area (Å²) in [5, 5.41) is 1.95. The van der Waals surface area contributed by atoms with Crippen LogP contribution in [-0.2, 0) is 32.1 Å². The molecule has 0 saturated carbocycles. The average Bonchev–Trinajstić information content (AvgIpc) is 2.94. The molecule has 0 spiro atoms. The third-order valence-electron chi connectivity index (χ3n) is 5.37. The average molecular weight is 408 g/mol. The molecule has 4 rings (SSSR count). The lowest BCUT2D eigenvalue weighted by Crippen LogP contribution is -2.27. The quantitative estimate of drug-likeness (QED) is 0.583. The molecule has 7 heteroatoms. The lowest BCUT2D eigenvalue weighted by atomic mass is 10.0. The number of halogens is 4. The largest absolute Gasteiger partial charge is 0.433 e. The number of fused-ring (bicyclic) bond motifs is 3. The fourth-order valence-corrected chi connectivity index (χ4v) is 4.16. The summed E-state index contributed by atoms with van der Waals surface area (Å²) in [6, 6.07) is 8.59. The Balaban J connectivity index is 1.54. The van der Waals surface area contributed by atoms with Crippen LogP contribution in [0.5, 0.6) is 0 Å². The second kappa shape index (κ2) is 7.41. The SMILES string of the molecule is CN1CCc2c(n(CCCc3ccc(C(F)(F)F)nc3)c3ccc(Cl)cc23)C1. The van der Waals surface area contributed by atoms with Crippen LogP contribution in [0.4, 0.5) is 13.2 Å². The minimum absolute atomic E-state index is 0.684. The highest BCUT2D eigenvalue weighted by Gasteiger charge is 2.32. The van der Waals surface area contributed by atoms with Gasteiger partial charge in [0.25, 0.3) is 0 Å². The van der Waals surface area contributed by atoms with Crippen molar-refractivity contribution in [2.75, 3.05) is 13.6 Å². The maximum absolute atomic E-state index is 12.6. The predicted molar refractivity (Wildman–Crippen MR) is 105 cm³/mol. The molecule has 0 radical (unpaired) electrons. The molecular weight excluding hydrogens is 387 g/mol. The number of likely N-dealkylation sites (N-methyl/N-ethyl adjacent to an activating group) is 1. The van der Waals surface area contributed by atoms with Crippen LogP contribution < -0.4 is 0 Å². The number of aryl methyl sites for hydroxylation is 2. The Labute approximate surface area is 166 Å². The van der Waals surface area contributed by atoms with Crippen LogP contribution in [0, 0.1) is 0 Å². The molecule has 1 aromatic carbocycles. The van der Waals surface area contributed by atoms with Crippen LogP contribution in [0.1, 0.15) is 28.9 Å². The van der Waals surface area contributed by atoms with Gasteiger partial charge in [-0.05, 0) is 61.7 Å². The first-order valence-corrected chi connectivity index (χ1v) is 9.71. The third kappa shape index (κ3) is 3.76. The molecule has 0 unspecified atom stereocenters. The second-order valence-electron chi connectivity index (χ2n) is 7.38. The van der Waals surface area contributed by atoms with E-state index in [9.17, 15) is 13.2 Å². The van der Waals surface area contributed by atoms with Gasteiger partial charge in [0.15, 0.2) is 0 Å². The molecule has 0 bridgehead atoms. The van der Waals surface area contributed by atoms with E-state index in [0.29, 0.717) is 6.42 Å². The number of alkyl halides is 3. The zero-order valence-corrected chi connectivity index (χ0v) is 16.3. The molecule has 3 nitrogen and oxygen atoms in total. The van der Waals surface area contributed by atoms with Crippen LogP contribution in [0.2, 0.25) is 5.02 Å². The van der Waals surface area contributed by atoms with Crippen molar-refractivity contribution in [2.24, 2.45) is 0 Å². The lowest BCUT2D eigenvalue weighted by Gasteiger charge is -2.24. The van der Waals surface area contributed by atoms with Gasteiger partial charge in [-0.15, -0.1) is 0 Å². The topological polar surface area (TPSA) is 21.1 Å². The Bertz CT molecular complexity index is 993. The maximum atomic E-state index is 12.6. The Morgan fingerprint density at radius 3 is 2.71 bits per heavy atom. The molecule has 28 heavy (non-hydrogen) atoms. The summed E-state index contributed by atoms with van der Waals surface area (Å²) in [7, 11) is 2.12. The van der Waals surface area contributed by atoms with Crippen molar-refractivity contribution in [3.8, 4) is 0 Å². The molecular formula is C21H21ClF3N3. The third-order valence-corrected chi connectivity index (χ3v) is 5.61. The molecule has 1 aliphatic rings. The molecule has 0 atom stereocenters. The number of benzene rings is 1. The van der Waals surface area contributed by atoms with E-state index in [-0.39, 0.29) is 0 Å². The minimum Gasteiger partial charge on any atom is -0.343 e. The fraction of sp³-hybridized carbons (Fsp3) is 0.381. The number of aromatic nitrogens is 2. The smallest absolute Gasteiger partial charge is 0.343 e. The Morgan fingerprint density at radius 2 is 2.00 bits per heavy atom. The van der Waals surface area contributed by atoms with Crippen molar-refractivity contribution in [3.63, 3.8) is 0 Å². The van der Waals surface area contributed by atoms with Crippen LogP contribution in [-0.4, -0.2) is 28.0 Å². The molecule has 0 N–H and O–H groups in total. The zero-order valence-electron chi connectivity index (χ0n) is 15.6. The van der Waals surface area contributed by atoms with Crippen LogP contribution in [0.3, 0.4) is 0 Å². The molecule has 2 aromatic heterocycles. The van der Waals surface area contributed by atoms with Gasteiger partial charge in [0.1, 0.15) is 5.69 Å². The van der Waals surface area contributed by atoms with Crippen molar-refractivity contribution in [2.45, 2.75) is 38.5 Å². The number of pyridine rings is 1. The van der Waals surface area contributed by atoms with E-state index >= 15 is 0 Å². The summed E-state index contributed by atoms with van der Waals surface area (Å²) in [6.45, 7) is 2.72. The minimum atomic E-state index is -4.39. The lowest BCUT2D eigenvalue weighted by molar-refractivity contribution is -0.141. The normalized spacial score (nSPS) is 15.2. The van der Waals surface area contributed by atoms with E-state index in [4.69, 9.17) is 11.6 Å². The summed E-state index contributed by atoms with van der Waals surface area (Å²) in [4.78, 5) is 5.86. The van der Waals surface area contributed by atoms with Crippen molar-refractivity contribution in [3.05, 3.63) is 64.1 Å². The van der Waals surface area contributed by atoms with Gasteiger partial charge in [0, 0.05) is 47.5 Å². The van der Waals surface area contributed by atoms with Gasteiger partial charge in [-0.1, -0.05) is 17.7 Å². The summed E-state index contributed by atoms with van der Waals surface area (Å²) < 4.78 is 40.3. The first-order valence-electron chi connectivity index (χ1n) is 9.33. The van der Waals surface area contributed by atoms with Crippen molar-refractivity contribution < 1.29 is 13.2 Å². The molecule has 0 aliphatic carbocycles. The van der Waals surface area contributed by atoms with Crippen molar-refractivity contribution in [1.29, 1.82) is 0 Å². The predicted octanol–water partition coefficient (Wildman–Crippen LogP) is 5.33. The molecule has 1 aliphatic heterocycles. The first kappa shape index (κ1) is 19.3. The van der Waals surface area contributed by atoms with Crippen LogP contribution >= 0.6 is 11.6 Å². The van der Waals surface area contributed by atoms with Gasteiger partial charge in [0.05, 0.1) is 0 Å². The van der Waals surface area contributed by atoms with Crippen LogP contribution in [0.25, 0.3) is 10.9 Å². The number of hydrogen-bond acceptors (Lipinski definition) is 2. The zero-order chi connectivity index (χ0) is 19.9. The highest BCUT2D eigenvalue weighted by molar-refractivity contribution is 6.31. The molecule has 0 saturated heterocycles. The van der Waals surface area contributed by atoms with Gasteiger partial charge >= 0.3 is 6.18 Å². The van der Waals surface area contributed by atoms with E-state index in [1.54, 1.807) is 0 Å². The van der Waals surface area contributed by atoms with E-state index in [1.165, 1.54) is 34.4 Å². The first-order chi connectivity index (χ1) is 13.3. The van der Waals surface area contributed by atoms with E-state index in [0.717, 1.165) is 49.1 Å². The summed E-state index contributed by atoms with van der Waals surface area (Å²) >= 11 is 6.22. The number of nitrogens with zero attached hydrogens (tertiary/aromatic N) is 3. The Kier molecular flexibility index (Phi) is 5.10. The van der Waals surface area contributed by atoms with Gasteiger partial charge in [0.2, 0.25) is 0 Å². The standard InChI is InChI=1S/C21H21ClF3N3/c1-27-10-8-16-17-11-15(22)5-6-18(17)28(19(16)13-27)9-2-3-14-4-7-20(26-12-14)21(23,24)25/h4-7,11-12H,2-3,8-10,13H2,1H3. The fourth-order valence-electron chi connectivity index (χ4n) is 3.98. The monoisotopic (exact) mass is 407 g/mol. The van der Waals surface area contributed by atoms with E-state index < -0.39 is 11.9 Å². The summed E-state index contributed by atoms with van der Waals surface area (Å²) in [5.41, 5.74) is 3.83. The summed E-state index contributed by atoms with van der Waals surface area (Å²) in [6.07, 6.45) is -0.550. The Morgan fingerprint density at radius 1 is 1.18 bits per heavy atom. The summed E-state index contributed by atoms with van der Waals surface area (Å²) in [5.74, 6) is 0. The molecule has 148 valence electrons. The second-order valence-corrected chi connectivity index (χ2v) is 7.82. The molecule has 3 heterocycles. The Hall–Kier alpha value is -2.05. The molecule has 0 amide bonds. The van der Waals surface area contributed by atoms with Crippen molar-refractivity contribution in [1.82, 2.24) is 14.5 Å². The van der Waals surface area contributed by atoms with E-state index in [1.807, 2.05) is 12.1 Å². The van der Waals surface area contributed by atoms with Gasteiger partial charge < -0.3 is 9.47 Å². The van der Waals surface area contributed by atoms with Gasteiger partial charge in [-0.25, -0.2) is 0 Å². The van der Waals surface area contributed by atoms with Gasteiger partial charge in [-0.3, -0.25) is 4.98 Å². The van der Waals surface area contributed by atoms with E-state index in [2.05, 4.69) is 27.6 Å². The van der Waals surface area contributed by atoms with Crippen molar-refractivity contribution >= 4 is 22.5 Å². The maximum Gasteiger partial charge on any atom is 0.433 e. The number of hydrogen-bond donors (Lipinski definition) is 0. The highest BCUT2D eigenvalue weighted by Crippen LogP contribution is 2.33. The number of rotatable bonds is 4. The van der Waals surface area contributed by atoms with Gasteiger partial charge in [-0.2, -0.15) is 13.2 Å². The molecule has 0 fully saturated rings.